The molecule has 0 saturated carbocycles. The Balaban J connectivity index is 1.41. The Morgan fingerprint density at radius 1 is 1.18 bits per heavy atom. The van der Waals surface area contributed by atoms with Crippen LogP contribution in [0.15, 0.2) is 42.7 Å². The van der Waals surface area contributed by atoms with Gasteiger partial charge in [0.1, 0.15) is 5.82 Å². The van der Waals surface area contributed by atoms with E-state index in [9.17, 15) is 4.79 Å². The van der Waals surface area contributed by atoms with Crippen LogP contribution in [0.2, 0.25) is 0 Å². The van der Waals surface area contributed by atoms with Gasteiger partial charge in [0.2, 0.25) is 5.88 Å². The van der Waals surface area contributed by atoms with Crippen molar-refractivity contribution in [2.45, 2.75) is 51.5 Å². The SMILES string of the molecule is CCOC(=O)C[C@@H](c1ccc(OC)nc1)n1ccc(CCCc2ccc3c(n2)NCCC3)n1. The van der Waals surface area contributed by atoms with Gasteiger partial charge in [-0.05, 0) is 68.4 Å². The van der Waals surface area contributed by atoms with E-state index >= 15 is 0 Å². The highest BCUT2D eigenvalue weighted by atomic mass is 16.5. The fraction of sp³-hybridized carbons (Fsp3) is 0.440. The van der Waals surface area contributed by atoms with E-state index in [4.69, 9.17) is 19.6 Å². The van der Waals surface area contributed by atoms with Crippen LogP contribution in [0.1, 0.15) is 54.7 Å². The van der Waals surface area contributed by atoms with E-state index in [1.165, 1.54) is 12.0 Å². The van der Waals surface area contributed by atoms with Gasteiger partial charge in [0.25, 0.3) is 0 Å². The van der Waals surface area contributed by atoms with Crippen molar-refractivity contribution in [2.24, 2.45) is 0 Å². The average Bonchev–Trinajstić information content (AvgIpc) is 3.31. The summed E-state index contributed by atoms with van der Waals surface area (Å²) in [5.74, 6) is 1.31. The first-order valence-electron chi connectivity index (χ1n) is 11.6. The molecule has 1 N–H and O–H groups in total. The molecule has 8 nitrogen and oxygen atoms in total. The number of carbonyl (C=O) groups is 1. The van der Waals surface area contributed by atoms with Gasteiger partial charge in [-0.15, -0.1) is 0 Å². The van der Waals surface area contributed by atoms with Gasteiger partial charge >= 0.3 is 5.97 Å². The van der Waals surface area contributed by atoms with Crippen LogP contribution in [0.5, 0.6) is 5.88 Å². The summed E-state index contributed by atoms with van der Waals surface area (Å²) in [7, 11) is 1.58. The highest BCUT2D eigenvalue weighted by Crippen LogP contribution is 2.24. The molecule has 33 heavy (non-hydrogen) atoms. The number of esters is 1. The van der Waals surface area contributed by atoms with Crippen molar-refractivity contribution in [3.8, 4) is 5.88 Å². The summed E-state index contributed by atoms with van der Waals surface area (Å²) in [5.41, 5.74) is 4.28. The molecule has 0 spiro atoms. The zero-order valence-electron chi connectivity index (χ0n) is 19.3. The van der Waals surface area contributed by atoms with Gasteiger partial charge in [-0.2, -0.15) is 5.10 Å². The smallest absolute Gasteiger partial charge is 0.308 e. The second-order valence-electron chi connectivity index (χ2n) is 8.14. The lowest BCUT2D eigenvalue weighted by Gasteiger charge is -2.17. The second-order valence-corrected chi connectivity index (χ2v) is 8.14. The number of carbonyl (C=O) groups excluding carboxylic acids is 1. The zero-order valence-corrected chi connectivity index (χ0v) is 19.3. The number of fused-ring (bicyclic) bond motifs is 1. The summed E-state index contributed by atoms with van der Waals surface area (Å²) in [6, 6.07) is 9.75. The number of hydrogen-bond donors (Lipinski definition) is 1. The minimum Gasteiger partial charge on any atom is -0.481 e. The molecular formula is C25H31N5O3. The van der Waals surface area contributed by atoms with Crippen LogP contribution in [0.4, 0.5) is 5.82 Å². The summed E-state index contributed by atoms with van der Waals surface area (Å²) in [6.07, 6.45) is 8.79. The number of nitrogens with one attached hydrogen (secondary N) is 1. The van der Waals surface area contributed by atoms with Gasteiger partial charge in [0, 0.05) is 30.7 Å². The Morgan fingerprint density at radius 2 is 2.06 bits per heavy atom. The summed E-state index contributed by atoms with van der Waals surface area (Å²) < 4.78 is 12.2. The topological polar surface area (TPSA) is 91.2 Å². The molecule has 0 amide bonds. The maximum atomic E-state index is 12.2. The predicted molar refractivity (Wildman–Crippen MR) is 125 cm³/mol. The van der Waals surface area contributed by atoms with Gasteiger partial charge < -0.3 is 14.8 Å². The van der Waals surface area contributed by atoms with E-state index in [0.29, 0.717) is 12.5 Å². The molecule has 0 saturated heterocycles. The van der Waals surface area contributed by atoms with Crippen LogP contribution in [0, 0.1) is 0 Å². The number of rotatable bonds is 10. The molecule has 3 aromatic rings. The first-order valence-corrected chi connectivity index (χ1v) is 11.6. The van der Waals surface area contributed by atoms with Crippen molar-refractivity contribution >= 4 is 11.8 Å². The van der Waals surface area contributed by atoms with Crippen LogP contribution in [0.3, 0.4) is 0 Å². The number of methoxy groups -OCH3 is 1. The van der Waals surface area contributed by atoms with E-state index in [1.807, 2.05) is 23.0 Å². The molecule has 0 bridgehead atoms. The third-order valence-electron chi connectivity index (χ3n) is 5.82. The van der Waals surface area contributed by atoms with Crippen molar-refractivity contribution in [1.29, 1.82) is 0 Å². The highest BCUT2D eigenvalue weighted by Gasteiger charge is 2.21. The predicted octanol–water partition coefficient (Wildman–Crippen LogP) is 3.76. The third kappa shape index (κ3) is 5.88. The Kier molecular flexibility index (Phi) is 7.55. The molecule has 3 aromatic heterocycles. The van der Waals surface area contributed by atoms with Gasteiger partial charge in [-0.3, -0.25) is 9.48 Å². The van der Waals surface area contributed by atoms with Crippen LogP contribution >= 0.6 is 0 Å². The molecule has 0 aliphatic carbocycles. The van der Waals surface area contributed by atoms with Gasteiger partial charge in [0.05, 0.1) is 31.9 Å². The average molecular weight is 450 g/mol. The fourth-order valence-electron chi connectivity index (χ4n) is 4.09. The lowest BCUT2D eigenvalue weighted by atomic mass is 10.1. The Hall–Kier alpha value is -3.42. The van der Waals surface area contributed by atoms with E-state index in [1.54, 1.807) is 26.3 Å². The van der Waals surface area contributed by atoms with Crippen LogP contribution in [-0.4, -0.2) is 46.0 Å². The zero-order chi connectivity index (χ0) is 23.0. The molecule has 0 radical (unpaired) electrons. The third-order valence-corrected chi connectivity index (χ3v) is 5.82. The summed E-state index contributed by atoms with van der Waals surface area (Å²) in [5, 5.41) is 8.16. The molecule has 1 atom stereocenters. The molecule has 8 heteroatoms. The van der Waals surface area contributed by atoms with Crippen molar-refractivity contribution in [3.63, 3.8) is 0 Å². The lowest BCUT2D eigenvalue weighted by molar-refractivity contribution is -0.143. The van der Waals surface area contributed by atoms with Gasteiger partial charge in [-0.25, -0.2) is 9.97 Å². The molecule has 1 aliphatic heterocycles. The Morgan fingerprint density at radius 3 is 2.85 bits per heavy atom. The first-order chi connectivity index (χ1) is 16.2. The quantitative estimate of drug-likeness (QED) is 0.471. The summed E-state index contributed by atoms with van der Waals surface area (Å²) in [4.78, 5) is 21.3. The monoisotopic (exact) mass is 449 g/mol. The van der Waals surface area contributed by atoms with E-state index < -0.39 is 0 Å². The van der Waals surface area contributed by atoms with E-state index in [2.05, 4.69) is 22.4 Å². The van der Waals surface area contributed by atoms with Crippen molar-refractivity contribution in [2.75, 3.05) is 25.6 Å². The van der Waals surface area contributed by atoms with Crippen molar-refractivity contribution in [3.05, 3.63) is 65.2 Å². The number of nitrogens with zero attached hydrogens (tertiary/aromatic N) is 4. The molecule has 0 unspecified atom stereocenters. The van der Waals surface area contributed by atoms with Gasteiger partial charge in [-0.1, -0.05) is 6.07 Å². The molecule has 174 valence electrons. The number of ether oxygens (including phenoxy) is 2. The normalized spacial score (nSPS) is 13.6. The Bertz CT molecular complexity index is 1060. The molecule has 0 fully saturated rings. The number of pyridine rings is 2. The number of aromatic nitrogens is 4. The molecule has 1 aliphatic rings. The molecule has 0 aromatic carbocycles. The number of anilines is 1. The summed E-state index contributed by atoms with van der Waals surface area (Å²) >= 11 is 0. The minimum absolute atomic E-state index is 0.189. The van der Waals surface area contributed by atoms with Crippen molar-refractivity contribution in [1.82, 2.24) is 19.7 Å². The van der Waals surface area contributed by atoms with Crippen molar-refractivity contribution < 1.29 is 14.3 Å². The molecular weight excluding hydrogens is 418 g/mol. The van der Waals surface area contributed by atoms with Crippen LogP contribution in [-0.2, 0) is 28.8 Å². The number of aryl methyl sites for hydroxylation is 3. The lowest BCUT2D eigenvalue weighted by Crippen LogP contribution is -2.18. The van der Waals surface area contributed by atoms with E-state index in [0.717, 1.165) is 55.0 Å². The maximum absolute atomic E-state index is 12.2. The highest BCUT2D eigenvalue weighted by molar-refractivity contribution is 5.70. The summed E-state index contributed by atoms with van der Waals surface area (Å²) in [6.45, 7) is 3.15. The number of hydrogen-bond acceptors (Lipinski definition) is 7. The van der Waals surface area contributed by atoms with Crippen LogP contribution in [0.25, 0.3) is 0 Å². The minimum atomic E-state index is -0.287. The van der Waals surface area contributed by atoms with E-state index in [-0.39, 0.29) is 18.4 Å². The first kappa shape index (κ1) is 22.8. The van der Waals surface area contributed by atoms with Crippen LogP contribution < -0.4 is 10.1 Å². The standard InChI is InChI=1S/C25H31N5O3/c1-3-33-24(31)16-22(19-10-12-23(32-2)27-17-19)30-15-13-21(29-30)8-4-7-20-11-9-18-6-5-14-26-25(18)28-20/h9-13,15,17,22H,3-8,14,16H2,1-2H3,(H,26,28)/t22-/m0/s1. The Labute approximate surface area is 194 Å². The van der Waals surface area contributed by atoms with Gasteiger partial charge in [0.15, 0.2) is 0 Å². The molecule has 4 heterocycles. The maximum Gasteiger partial charge on any atom is 0.308 e. The second kappa shape index (κ2) is 10.9. The molecule has 4 rings (SSSR count). The largest absolute Gasteiger partial charge is 0.481 e. The fourth-order valence-corrected chi connectivity index (χ4v) is 4.09.